The molecule has 1 amide bonds. The molecule has 0 heterocycles. The minimum Gasteiger partial charge on any atom is -0.361 e. The Morgan fingerprint density at radius 1 is 1.37 bits per heavy atom. The second-order valence-electron chi connectivity index (χ2n) is 4.32. The molecule has 0 unspecified atom stereocenters. The maximum Gasteiger partial charge on any atom is 0.239 e. The molecule has 1 rings (SSSR count). The molecule has 0 bridgehead atoms. The van der Waals surface area contributed by atoms with E-state index in [1.807, 2.05) is 6.92 Å². The highest BCUT2D eigenvalue weighted by Crippen LogP contribution is 2.23. The molecule has 1 aromatic carbocycles. The summed E-state index contributed by atoms with van der Waals surface area (Å²) in [5.41, 5.74) is 5.50. The van der Waals surface area contributed by atoms with Gasteiger partial charge in [-0.25, -0.2) is 8.78 Å². The predicted molar refractivity (Wildman–Crippen MR) is 70.8 cm³/mol. The highest BCUT2D eigenvalue weighted by atomic mass is 19.1. The quantitative estimate of drug-likeness (QED) is 0.822. The Balaban J connectivity index is 2.82. The summed E-state index contributed by atoms with van der Waals surface area (Å²) in [7, 11) is 1.47. The molecule has 0 saturated heterocycles. The summed E-state index contributed by atoms with van der Waals surface area (Å²) in [5.74, 6) is -1.71. The van der Waals surface area contributed by atoms with Crippen LogP contribution in [0.2, 0.25) is 0 Å². The van der Waals surface area contributed by atoms with Gasteiger partial charge in [0.1, 0.15) is 17.3 Å². The number of hydrogen-bond donors (Lipinski definition) is 2. The molecule has 0 aromatic heterocycles. The third-order valence-electron chi connectivity index (χ3n) is 2.65. The van der Waals surface area contributed by atoms with Gasteiger partial charge in [0.25, 0.3) is 0 Å². The van der Waals surface area contributed by atoms with E-state index in [0.29, 0.717) is 12.1 Å². The number of amides is 1. The van der Waals surface area contributed by atoms with Crippen molar-refractivity contribution in [2.24, 2.45) is 5.73 Å². The van der Waals surface area contributed by atoms with Crippen LogP contribution in [0.15, 0.2) is 12.1 Å². The minimum absolute atomic E-state index is 0.0643. The van der Waals surface area contributed by atoms with Crippen LogP contribution in [0.5, 0.6) is 0 Å². The van der Waals surface area contributed by atoms with Gasteiger partial charge in [-0.15, -0.1) is 0 Å². The summed E-state index contributed by atoms with van der Waals surface area (Å²) in [4.78, 5) is 12.8. The zero-order valence-corrected chi connectivity index (χ0v) is 11.2. The van der Waals surface area contributed by atoms with Crippen molar-refractivity contribution in [1.82, 2.24) is 5.32 Å². The molecule has 4 nitrogen and oxygen atoms in total. The highest BCUT2D eigenvalue weighted by molar-refractivity contribution is 5.81. The monoisotopic (exact) mass is 271 g/mol. The van der Waals surface area contributed by atoms with Crippen LogP contribution in [0.1, 0.15) is 18.9 Å². The van der Waals surface area contributed by atoms with Crippen molar-refractivity contribution >= 4 is 11.6 Å². The van der Waals surface area contributed by atoms with Crippen LogP contribution in [0.25, 0.3) is 0 Å². The van der Waals surface area contributed by atoms with Gasteiger partial charge in [0, 0.05) is 20.1 Å². The lowest BCUT2D eigenvalue weighted by Crippen LogP contribution is -2.36. The summed E-state index contributed by atoms with van der Waals surface area (Å²) in [6, 6.07) is 2.36. The number of nitrogens with two attached hydrogens (primary N) is 1. The van der Waals surface area contributed by atoms with Gasteiger partial charge in [-0.1, -0.05) is 6.92 Å². The lowest BCUT2D eigenvalue weighted by molar-refractivity contribution is -0.119. The maximum absolute atomic E-state index is 13.8. The zero-order chi connectivity index (χ0) is 14.4. The fourth-order valence-electron chi connectivity index (χ4n) is 1.72. The smallest absolute Gasteiger partial charge is 0.239 e. The van der Waals surface area contributed by atoms with Crippen molar-refractivity contribution in [3.8, 4) is 0 Å². The van der Waals surface area contributed by atoms with Crippen LogP contribution in [0.3, 0.4) is 0 Å². The first-order chi connectivity index (χ1) is 8.99. The Hall–Kier alpha value is -1.69. The largest absolute Gasteiger partial charge is 0.361 e. The molecule has 0 aliphatic heterocycles. The number of benzene rings is 1. The normalized spacial score (nSPS) is 10.4. The van der Waals surface area contributed by atoms with E-state index in [1.165, 1.54) is 24.1 Å². The van der Waals surface area contributed by atoms with Gasteiger partial charge in [-0.05, 0) is 24.1 Å². The van der Waals surface area contributed by atoms with E-state index in [9.17, 15) is 13.6 Å². The first-order valence-electron chi connectivity index (χ1n) is 6.15. The van der Waals surface area contributed by atoms with E-state index in [0.717, 1.165) is 6.42 Å². The fourth-order valence-corrected chi connectivity index (χ4v) is 1.72. The number of nitrogens with one attached hydrogen (secondary N) is 1. The van der Waals surface area contributed by atoms with E-state index in [4.69, 9.17) is 5.73 Å². The average Bonchev–Trinajstić information content (AvgIpc) is 2.35. The van der Waals surface area contributed by atoms with Crippen molar-refractivity contribution in [2.45, 2.75) is 19.9 Å². The molecule has 106 valence electrons. The van der Waals surface area contributed by atoms with Gasteiger partial charge in [0.15, 0.2) is 0 Å². The molecule has 0 spiro atoms. The number of carbonyl (C=O) groups excluding carboxylic acids is 1. The number of anilines is 1. The molecule has 0 fully saturated rings. The van der Waals surface area contributed by atoms with Crippen LogP contribution >= 0.6 is 0 Å². The van der Waals surface area contributed by atoms with Gasteiger partial charge in [-0.3, -0.25) is 4.79 Å². The predicted octanol–water partition coefficient (Wildman–Crippen LogP) is 1.39. The maximum atomic E-state index is 13.8. The molecule has 0 atom stereocenters. The number of rotatable bonds is 6. The van der Waals surface area contributed by atoms with E-state index < -0.39 is 11.6 Å². The Labute approximate surface area is 111 Å². The fraction of sp³-hybridized carbons (Fsp3) is 0.462. The van der Waals surface area contributed by atoms with Crippen molar-refractivity contribution < 1.29 is 13.6 Å². The van der Waals surface area contributed by atoms with Gasteiger partial charge in [-0.2, -0.15) is 0 Å². The highest BCUT2D eigenvalue weighted by Gasteiger charge is 2.17. The Kier molecular flexibility index (Phi) is 5.69. The van der Waals surface area contributed by atoms with Crippen molar-refractivity contribution in [2.75, 3.05) is 25.0 Å². The lowest BCUT2D eigenvalue weighted by Gasteiger charge is -2.20. The number of hydrogen-bond acceptors (Lipinski definition) is 3. The van der Waals surface area contributed by atoms with Gasteiger partial charge >= 0.3 is 0 Å². The van der Waals surface area contributed by atoms with Crippen LogP contribution in [-0.4, -0.2) is 26.0 Å². The molecular formula is C13H19F2N3O. The van der Waals surface area contributed by atoms with E-state index in [1.54, 1.807) is 0 Å². The van der Waals surface area contributed by atoms with E-state index >= 15 is 0 Å². The summed E-state index contributed by atoms with van der Waals surface area (Å²) >= 11 is 0. The van der Waals surface area contributed by atoms with Crippen molar-refractivity contribution in [1.29, 1.82) is 0 Å². The molecule has 0 aliphatic carbocycles. The number of carbonyl (C=O) groups is 1. The summed E-state index contributed by atoms with van der Waals surface area (Å²) in [6.07, 6.45) is 0.809. The molecule has 0 saturated carbocycles. The Bertz CT molecular complexity index is 429. The Morgan fingerprint density at radius 3 is 2.42 bits per heavy atom. The van der Waals surface area contributed by atoms with Crippen LogP contribution in [-0.2, 0) is 11.3 Å². The lowest BCUT2D eigenvalue weighted by atomic mass is 10.1. The molecule has 0 radical (unpaired) electrons. The average molecular weight is 271 g/mol. The third kappa shape index (κ3) is 4.17. The summed E-state index contributed by atoms with van der Waals surface area (Å²) in [5, 5.41) is 2.65. The SMILES string of the molecule is CCCNC(=O)CN(C)c1c(F)cc(CN)cc1F. The van der Waals surface area contributed by atoms with Crippen LogP contribution in [0, 0.1) is 11.6 Å². The second-order valence-corrected chi connectivity index (χ2v) is 4.32. The van der Waals surface area contributed by atoms with Crippen LogP contribution in [0.4, 0.5) is 14.5 Å². The molecule has 6 heteroatoms. The van der Waals surface area contributed by atoms with Crippen molar-refractivity contribution in [3.05, 3.63) is 29.3 Å². The van der Waals surface area contributed by atoms with Gasteiger partial charge in [0.05, 0.1) is 6.54 Å². The molecule has 3 N–H and O–H groups in total. The molecule has 1 aromatic rings. The van der Waals surface area contributed by atoms with Crippen molar-refractivity contribution in [3.63, 3.8) is 0 Å². The number of likely N-dealkylation sites (N-methyl/N-ethyl adjacent to an activating group) is 1. The molecule has 0 aliphatic rings. The minimum atomic E-state index is -0.716. The first-order valence-corrected chi connectivity index (χ1v) is 6.15. The second kappa shape index (κ2) is 7.04. The topological polar surface area (TPSA) is 58.4 Å². The Morgan fingerprint density at radius 2 is 1.95 bits per heavy atom. The summed E-state index contributed by atoms with van der Waals surface area (Å²) < 4.78 is 27.6. The molecular weight excluding hydrogens is 252 g/mol. The first kappa shape index (κ1) is 15.4. The van der Waals surface area contributed by atoms with Gasteiger partial charge in [0.2, 0.25) is 5.91 Å². The summed E-state index contributed by atoms with van der Waals surface area (Å²) in [6.45, 7) is 2.43. The van der Waals surface area contributed by atoms with Gasteiger partial charge < -0.3 is 16.0 Å². The molecule has 19 heavy (non-hydrogen) atoms. The third-order valence-corrected chi connectivity index (χ3v) is 2.65. The standard InChI is InChI=1S/C13H19F2N3O/c1-3-4-17-12(19)8-18(2)13-10(14)5-9(7-16)6-11(13)15/h5-6H,3-4,7-8,16H2,1-2H3,(H,17,19). The van der Waals surface area contributed by atoms with E-state index in [-0.39, 0.29) is 24.7 Å². The van der Waals surface area contributed by atoms with E-state index in [2.05, 4.69) is 5.32 Å². The number of halogens is 2. The zero-order valence-electron chi connectivity index (χ0n) is 11.2. The number of nitrogens with zero attached hydrogens (tertiary/aromatic N) is 1. The van der Waals surface area contributed by atoms with Crippen LogP contribution < -0.4 is 16.0 Å².